The van der Waals surface area contributed by atoms with Gasteiger partial charge in [-0.15, -0.1) is 0 Å². The van der Waals surface area contributed by atoms with Gasteiger partial charge in [0, 0.05) is 23.0 Å². The van der Waals surface area contributed by atoms with E-state index in [-0.39, 0.29) is 0 Å². The Kier molecular flexibility index (Phi) is 2.66. The van der Waals surface area contributed by atoms with Gasteiger partial charge in [-0.3, -0.25) is 0 Å². The topological polar surface area (TPSA) is 32.3 Å². The van der Waals surface area contributed by atoms with E-state index in [1.807, 2.05) is 13.0 Å². The average molecular weight is 212 g/mol. The van der Waals surface area contributed by atoms with E-state index in [1.165, 1.54) is 0 Å². The molecule has 3 heteroatoms. The quantitative estimate of drug-likeness (QED) is 0.748. The summed E-state index contributed by atoms with van der Waals surface area (Å²) in [4.78, 5) is 0. The Morgan fingerprint density at radius 1 is 1.50 bits per heavy atom. The fraction of sp³-hybridized carbons (Fsp3) is 0.455. The third kappa shape index (κ3) is 1.72. The fourth-order valence-corrected chi connectivity index (χ4v) is 2.46. The molecule has 0 bridgehead atoms. The molecule has 2 rings (SSSR count). The van der Waals surface area contributed by atoms with Gasteiger partial charge in [-0.25, -0.2) is 0 Å². The second kappa shape index (κ2) is 3.79. The average Bonchev–Trinajstić information content (AvgIpc) is 2.54. The smallest absolute Gasteiger partial charge is 0.120 e. The second-order valence-electron chi connectivity index (χ2n) is 3.87. The summed E-state index contributed by atoms with van der Waals surface area (Å²) in [5, 5.41) is 13.8. The SMILES string of the molecule is Cc1cc(O)c(C2CCNC2)c(Cl)c1. The number of phenolic OH excluding ortho intramolecular Hbond substituents is 1. The molecule has 1 atom stereocenters. The fourth-order valence-electron chi connectivity index (χ4n) is 2.04. The lowest BCUT2D eigenvalue weighted by Gasteiger charge is -2.13. The molecule has 1 fully saturated rings. The predicted octanol–water partition coefficient (Wildman–Crippen LogP) is 2.43. The zero-order chi connectivity index (χ0) is 10.1. The van der Waals surface area contributed by atoms with Crippen LogP contribution in [0.2, 0.25) is 5.02 Å². The molecular formula is C11H14ClNO. The van der Waals surface area contributed by atoms with Crippen molar-refractivity contribution in [2.24, 2.45) is 0 Å². The first-order valence-electron chi connectivity index (χ1n) is 4.88. The highest BCUT2D eigenvalue weighted by molar-refractivity contribution is 6.31. The molecule has 2 N–H and O–H groups in total. The van der Waals surface area contributed by atoms with Crippen LogP contribution < -0.4 is 5.32 Å². The zero-order valence-electron chi connectivity index (χ0n) is 8.18. The molecule has 1 aliphatic heterocycles. The lowest BCUT2D eigenvalue weighted by molar-refractivity contribution is 0.462. The van der Waals surface area contributed by atoms with Gasteiger partial charge < -0.3 is 10.4 Å². The molecule has 1 aliphatic rings. The van der Waals surface area contributed by atoms with Crippen LogP contribution in [-0.4, -0.2) is 18.2 Å². The molecule has 1 unspecified atom stereocenters. The van der Waals surface area contributed by atoms with Crippen LogP contribution >= 0.6 is 11.6 Å². The molecule has 0 aromatic heterocycles. The predicted molar refractivity (Wildman–Crippen MR) is 58.1 cm³/mol. The minimum Gasteiger partial charge on any atom is -0.508 e. The molecule has 1 aromatic rings. The van der Waals surface area contributed by atoms with Gasteiger partial charge in [0.2, 0.25) is 0 Å². The van der Waals surface area contributed by atoms with Crippen molar-refractivity contribution in [2.45, 2.75) is 19.3 Å². The van der Waals surface area contributed by atoms with Gasteiger partial charge in [-0.1, -0.05) is 11.6 Å². The number of nitrogens with one attached hydrogen (secondary N) is 1. The standard InChI is InChI=1S/C11H14ClNO/c1-7-4-9(12)11(10(14)5-7)8-2-3-13-6-8/h4-5,8,13-14H,2-3,6H2,1H3. The summed E-state index contributed by atoms with van der Waals surface area (Å²) in [5.41, 5.74) is 1.91. The maximum atomic E-state index is 9.82. The molecule has 0 radical (unpaired) electrons. The van der Waals surface area contributed by atoms with E-state index in [4.69, 9.17) is 11.6 Å². The van der Waals surface area contributed by atoms with Crippen LogP contribution in [0.4, 0.5) is 0 Å². The number of hydrogen-bond donors (Lipinski definition) is 2. The van der Waals surface area contributed by atoms with Crippen LogP contribution in [0.25, 0.3) is 0 Å². The van der Waals surface area contributed by atoms with Crippen molar-refractivity contribution >= 4 is 11.6 Å². The largest absolute Gasteiger partial charge is 0.508 e. The van der Waals surface area contributed by atoms with Crippen molar-refractivity contribution in [3.05, 3.63) is 28.3 Å². The van der Waals surface area contributed by atoms with Gasteiger partial charge in [0.15, 0.2) is 0 Å². The van der Waals surface area contributed by atoms with Gasteiger partial charge in [-0.05, 0) is 37.6 Å². The maximum Gasteiger partial charge on any atom is 0.120 e. The summed E-state index contributed by atoms with van der Waals surface area (Å²) >= 11 is 6.13. The summed E-state index contributed by atoms with van der Waals surface area (Å²) in [6.45, 7) is 3.85. The zero-order valence-corrected chi connectivity index (χ0v) is 8.93. The van der Waals surface area contributed by atoms with Crippen molar-refractivity contribution in [2.75, 3.05) is 13.1 Å². The van der Waals surface area contributed by atoms with Crippen LogP contribution in [0.1, 0.15) is 23.5 Å². The number of phenols is 1. The number of hydrogen-bond acceptors (Lipinski definition) is 2. The van der Waals surface area contributed by atoms with Crippen LogP contribution in [0.15, 0.2) is 12.1 Å². The molecule has 0 spiro atoms. The van der Waals surface area contributed by atoms with E-state index in [0.717, 1.165) is 30.6 Å². The first kappa shape index (κ1) is 9.81. The van der Waals surface area contributed by atoms with Crippen LogP contribution in [0.5, 0.6) is 5.75 Å². The first-order valence-corrected chi connectivity index (χ1v) is 5.26. The second-order valence-corrected chi connectivity index (χ2v) is 4.28. The Balaban J connectivity index is 2.40. The minimum absolute atomic E-state index is 0.337. The number of halogens is 1. The Labute approximate surface area is 88.9 Å². The van der Waals surface area contributed by atoms with E-state index >= 15 is 0 Å². The number of aryl methyl sites for hydroxylation is 1. The summed E-state index contributed by atoms with van der Waals surface area (Å²) in [6, 6.07) is 3.69. The summed E-state index contributed by atoms with van der Waals surface area (Å²) in [7, 11) is 0. The summed E-state index contributed by atoms with van der Waals surface area (Å²) in [6.07, 6.45) is 1.05. The van der Waals surface area contributed by atoms with Crippen LogP contribution in [-0.2, 0) is 0 Å². The Morgan fingerprint density at radius 3 is 2.86 bits per heavy atom. The highest BCUT2D eigenvalue weighted by Crippen LogP contribution is 2.36. The van der Waals surface area contributed by atoms with Gasteiger partial charge >= 0.3 is 0 Å². The normalized spacial score (nSPS) is 21.4. The molecule has 76 valence electrons. The first-order chi connectivity index (χ1) is 6.68. The third-order valence-corrected chi connectivity index (χ3v) is 3.03. The molecule has 0 amide bonds. The molecular weight excluding hydrogens is 198 g/mol. The van der Waals surface area contributed by atoms with Crippen molar-refractivity contribution in [3.8, 4) is 5.75 Å². The lowest BCUT2D eigenvalue weighted by atomic mass is 9.96. The Bertz CT molecular complexity index is 322. The highest BCUT2D eigenvalue weighted by Gasteiger charge is 2.22. The lowest BCUT2D eigenvalue weighted by Crippen LogP contribution is -2.08. The molecule has 14 heavy (non-hydrogen) atoms. The molecule has 2 nitrogen and oxygen atoms in total. The molecule has 0 aliphatic carbocycles. The van der Waals surface area contributed by atoms with Gasteiger partial charge in [0.25, 0.3) is 0 Å². The van der Waals surface area contributed by atoms with Gasteiger partial charge in [-0.2, -0.15) is 0 Å². The molecule has 1 heterocycles. The van der Waals surface area contributed by atoms with Crippen molar-refractivity contribution in [3.63, 3.8) is 0 Å². The van der Waals surface area contributed by atoms with Gasteiger partial charge in [0.05, 0.1) is 0 Å². The summed E-state index contributed by atoms with van der Waals surface area (Å²) in [5.74, 6) is 0.701. The minimum atomic E-state index is 0.337. The van der Waals surface area contributed by atoms with E-state index in [2.05, 4.69) is 5.32 Å². The Morgan fingerprint density at radius 2 is 2.29 bits per heavy atom. The van der Waals surface area contributed by atoms with Crippen molar-refractivity contribution in [1.82, 2.24) is 5.32 Å². The molecule has 1 aromatic carbocycles. The van der Waals surface area contributed by atoms with Crippen molar-refractivity contribution < 1.29 is 5.11 Å². The van der Waals surface area contributed by atoms with Crippen LogP contribution in [0.3, 0.4) is 0 Å². The van der Waals surface area contributed by atoms with E-state index in [0.29, 0.717) is 16.7 Å². The summed E-state index contributed by atoms with van der Waals surface area (Å²) < 4.78 is 0. The van der Waals surface area contributed by atoms with Crippen LogP contribution in [0, 0.1) is 6.92 Å². The van der Waals surface area contributed by atoms with E-state index in [9.17, 15) is 5.11 Å². The number of benzene rings is 1. The van der Waals surface area contributed by atoms with E-state index < -0.39 is 0 Å². The molecule has 0 saturated carbocycles. The highest BCUT2D eigenvalue weighted by atomic mass is 35.5. The monoisotopic (exact) mass is 211 g/mol. The maximum absolute atomic E-state index is 9.82. The van der Waals surface area contributed by atoms with E-state index in [1.54, 1.807) is 6.07 Å². The number of aromatic hydroxyl groups is 1. The van der Waals surface area contributed by atoms with Gasteiger partial charge in [0.1, 0.15) is 5.75 Å². The van der Waals surface area contributed by atoms with Crippen molar-refractivity contribution in [1.29, 1.82) is 0 Å². The molecule has 1 saturated heterocycles. The number of rotatable bonds is 1. The Hall–Kier alpha value is -0.730. The third-order valence-electron chi connectivity index (χ3n) is 2.72.